The van der Waals surface area contributed by atoms with Gasteiger partial charge in [-0.05, 0) is 31.7 Å². The summed E-state index contributed by atoms with van der Waals surface area (Å²) in [6, 6.07) is 11.6. The predicted molar refractivity (Wildman–Crippen MR) is 131 cm³/mol. The molecule has 3 heterocycles. The Hall–Kier alpha value is -1.68. The standard InChI is InChI=1S/C22H33N7.HI/c1-17(18-9-5-3-6-10-18)28-14-12-19(16-28)25-22(23-2)24-15-21-27-26-20-11-7-4-8-13-29(20)21;/h3,5-6,9-10,17,19H,4,7-8,11-16H2,1-2H3,(H2,23,24,25);1H. The second-order valence-electron chi connectivity index (χ2n) is 8.13. The van der Waals surface area contributed by atoms with Gasteiger partial charge in [-0.15, -0.1) is 34.2 Å². The maximum absolute atomic E-state index is 4.43. The van der Waals surface area contributed by atoms with Crippen LogP contribution in [-0.2, 0) is 19.5 Å². The van der Waals surface area contributed by atoms with E-state index in [2.05, 4.69) is 72.5 Å². The SMILES string of the molecule is CN=C(NCc1nnc2n1CCCCC2)NC1CCN(C(C)c2ccccc2)C1.I. The van der Waals surface area contributed by atoms with Crippen molar-refractivity contribution in [1.82, 2.24) is 30.3 Å². The van der Waals surface area contributed by atoms with Gasteiger partial charge in [-0.1, -0.05) is 36.8 Å². The largest absolute Gasteiger partial charge is 0.352 e. The number of aromatic nitrogens is 3. The number of benzene rings is 1. The lowest BCUT2D eigenvalue weighted by Crippen LogP contribution is -2.44. The Kier molecular flexibility index (Phi) is 8.50. The molecule has 0 bridgehead atoms. The Balaban J connectivity index is 0.00000256. The molecule has 0 saturated carbocycles. The van der Waals surface area contributed by atoms with Gasteiger partial charge in [-0.25, -0.2) is 0 Å². The zero-order valence-corrected chi connectivity index (χ0v) is 20.4. The van der Waals surface area contributed by atoms with E-state index >= 15 is 0 Å². The number of likely N-dealkylation sites (tertiary alicyclic amines) is 1. The molecule has 7 nitrogen and oxygen atoms in total. The molecule has 0 aliphatic carbocycles. The lowest BCUT2D eigenvalue weighted by Gasteiger charge is -2.25. The number of nitrogens with one attached hydrogen (secondary N) is 2. The Morgan fingerprint density at radius 3 is 2.80 bits per heavy atom. The quantitative estimate of drug-likeness (QED) is 0.358. The fourth-order valence-corrected chi connectivity index (χ4v) is 4.43. The second kappa shape index (κ2) is 11.1. The third kappa shape index (κ3) is 5.51. The van der Waals surface area contributed by atoms with Gasteiger partial charge >= 0.3 is 0 Å². The zero-order chi connectivity index (χ0) is 20.1. The highest BCUT2D eigenvalue weighted by molar-refractivity contribution is 14.0. The van der Waals surface area contributed by atoms with Crippen molar-refractivity contribution in [2.75, 3.05) is 20.1 Å². The van der Waals surface area contributed by atoms with E-state index in [0.29, 0.717) is 18.6 Å². The maximum atomic E-state index is 4.43. The van der Waals surface area contributed by atoms with E-state index < -0.39 is 0 Å². The van der Waals surface area contributed by atoms with Crippen molar-refractivity contribution in [3.05, 3.63) is 47.5 Å². The molecule has 30 heavy (non-hydrogen) atoms. The van der Waals surface area contributed by atoms with Crippen LogP contribution in [0.1, 0.15) is 55.9 Å². The van der Waals surface area contributed by atoms with Gasteiger partial charge in [-0.3, -0.25) is 9.89 Å². The van der Waals surface area contributed by atoms with Crippen molar-refractivity contribution in [3.8, 4) is 0 Å². The van der Waals surface area contributed by atoms with Crippen molar-refractivity contribution >= 4 is 29.9 Å². The first kappa shape index (κ1) is 23.0. The molecule has 8 heteroatoms. The van der Waals surface area contributed by atoms with E-state index in [4.69, 9.17) is 0 Å². The minimum absolute atomic E-state index is 0. The first-order valence-corrected chi connectivity index (χ1v) is 10.9. The highest BCUT2D eigenvalue weighted by Gasteiger charge is 2.27. The molecule has 4 rings (SSSR count). The molecule has 0 spiro atoms. The average molecular weight is 523 g/mol. The Labute approximate surface area is 196 Å². The molecule has 2 N–H and O–H groups in total. The summed E-state index contributed by atoms with van der Waals surface area (Å²) in [6.07, 6.45) is 5.87. The monoisotopic (exact) mass is 523 g/mol. The zero-order valence-electron chi connectivity index (χ0n) is 18.0. The van der Waals surface area contributed by atoms with E-state index in [1.165, 1.54) is 24.8 Å². The van der Waals surface area contributed by atoms with E-state index in [0.717, 1.165) is 50.1 Å². The van der Waals surface area contributed by atoms with Gasteiger partial charge in [-0.2, -0.15) is 0 Å². The van der Waals surface area contributed by atoms with Gasteiger partial charge < -0.3 is 15.2 Å². The van der Waals surface area contributed by atoms with Crippen molar-refractivity contribution in [2.45, 2.75) is 64.2 Å². The number of guanidine groups is 1. The van der Waals surface area contributed by atoms with E-state index in [9.17, 15) is 0 Å². The van der Waals surface area contributed by atoms with Crippen LogP contribution < -0.4 is 10.6 Å². The lowest BCUT2D eigenvalue weighted by molar-refractivity contribution is 0.258. The molecule has 2 aliphatic rings. The Bertz CT molecular complexity index is 820. The van der Waals surface area contributed by atoms with Crippen LogP contribution in [0.3, 0.4) is 0 Å². The summed E-state index contributed by atoms with van der Waals surface area (Å²) >= 11 is 0. The maximum Gasteiger partial charge on any atom is 0.191 e. The number of aliphatic imine (C=N–C) groups is 1. The molecular formula is C22H34IN7. The first-order valence-electron chi connectivity index (χ1n) is 10.9. The third-order valence-electron chi connectivity index (χ3n) is 6.21. The van der Waals surface area contributed by atoms with E-state index in [1.54, 1.807) is 0 Å². The van der Waals surface area contributed by atoms with E-state index in [1.807, 2.05) is 7.05 Å². The Morgan fingerprint density at radius 1 is 1.17 bits per heavy atom. The van der Waals surface area contributed by atoms with Crippen molar-refractivity contribution in [1.29, 1.82) is 0 Å². The van der Waals surface area contributed by atoms with Crippen molar-refractivity contribution in [2.24, 2.45) is 4.99 Å². The molecule has 1 fully saturated rings. The van der Waals surface area contributed by atoms with Crippen LogP contribution in [0.25, 0.3) is 0 Å². The normalized spacial score (nSPS) is 20.7. The van der Waals surface area contributed by atoms with Crippen molar-refractivity contribution in [3.63, 3.8) is 0 Å². The summed E-state index contributed by atoms with van der Waals surface area (Å²) in [5, 5.41) is 15.8. The lowest BCUT2D eigenvalue weighted by atomic mass is 10.1. The van der Waals surface area contributed by atoms with Gasteiger partial charge in [0.2, 0.25) is 0 Å². The van der Waals surface area contributed by atoms with Gasteiger partial charge in [0.1, 0.15) is 5.82 Å². The van der Waals surface area contributed by atoms with Crippen LogP contribution in [0.5, 0.6) is 0 Å². The smallest absolute Gasteiger partial charge is 0.191 e. The van der Waals surface area contributed by atoms with Gasteiger partial charge in [0.15, 0.2) is 11.8 Å². The van der Waals surface area contributed by atoms with Gasteiger partial charge in [0.25, 0.3) is 0 Å². The van der Waals surface area contributed by atoms with Crippen LogP contribution in [0.15, 0.2) is 35.3 Å². The van der Waals surface area contributed by atoms with Crippen molar-refractivity contribution < 1.29 is 0 Å². The summed E-state index contributed by atoms with van der Waals surface area (Å²) < 4.78 is 2.28. The molecule has 1 saturated heterocycles. The molecule has 0 amide bonds. The first-order chi connectivity index (χ1) is 14.2. The minimum Gasteiger partial charge on any atom is -0.352 e. The minimum atomic E-state index is 0. The number of hydrogen-bond acceptors (Lipinski definition) is 4. The summed E-state index contributed by atoms with van der Waals surface area (Å²) in [5.74, 6) is 2.98. The molecule has 164 valence electrons. The Morgan fingerprint density at radius 2 is 2.00 bits per heavy atom. The van der Waals surface area contributed by atoms with Crippen LogP contribution in [0.2, 0.25) is 0 Å². The molecule has 0 radical (unpaired) electrons. The summed E-state index contributed by atoms with van der Waals surface area (Å²) in [5.41, 5.74) is 1.38. The fourth-order valence-electron chi connectivity index (χ4n) is 4.43. The van der Waals surface area contributed by atoms with Crippen LogP contribution in [-0.4, -0.2) is 51.8 Å². The highest BCUT2D eigenvalue weighted by Crippen LogP contribution is 2.24. The summed E-state index contributed by atoms with van der Waals surface area (Å²) in [6.45, 7) is 6.10. The third-order valence-corrected chi connectivity index (χ3v) is 6.21. The van der Waals surface area contributed by atoms with Crippen LogP contribution in [0, 0.1) is 0 Å². The number of rotatable bonds is 5. The number of nitrogens with zero attached hydrogens (tertiary/aromatic N) is 5. The van der Waals surface area contributed by atoms with Gasteiger partial charge in [0.05, 0.1) is 6.54 Å². The molecule has 2 aliphatic heterocycles. The van der Waals surface area contributed by atoms with Gasteiger partial charge in [0, 0.05) is 45.2 Å². The highest BCUT2D eigenvalue weighted by atomic mass is 127. The topological polar surface area (TPSA) is 70.4 Å². The predicted octanol–water partition coefficient (Wildman–Crippen LogP) is 3.12. The molecule has 2 aromatic rings. The number of hydrogen-bond donors (Lipinski definition) is 2. The summed E-state index contributed by atoms with van der Waals surface area (Å²) in [7, 11) is 1.83. The molecule has 2 unspecified atom stereocenters. The fraction of sp³-hybridized carbons (Fsp3) is 0.591. The van der Waals surface area contributed by atoms with E-state index in [-0.39, 0.29) is 24.0 Å². The molecule has 1 aromatic carbocycles. The molecular weight excluding hydrogens is 489 g/mol. The summed E-state index contributed by atoms with van der Waals surface area (Å²) in [4.78, 5) is 6.97. The van der Waals surface area contributed by atoms with Crippen LogP contribution in [0.4, 0.5) is 0 Å². The number of fused-ring (bicyclic) bond motifs is 1. The number of halogens is 1. The second-order valence-corrected chi connectivity index (χ2v) is 8.13. The number of aryl methyl sites for hydroxylation is 1. The molecule has 2 atom stereocenters. The van der Waals surface area contributed by atoms with Crippen LogP contribution >= 0.6 is 24.0 Å². The average Bonchev–Trinajstić information content (AvgIpc) is 3.31. The molecule has 1 aromatic heterocycles.